The van der Waals surface area contributed by atoms with E-state index in [2.05, 4.69) is 46.3 Å². The fourth-order valence-corrected chi connectivity index (χ4v) is 9.11. The van der Waals surface area contributed by atoms with Crippen molar-refractivity contribution in [1.82, 2.24) is 0 Å². The molecule has 0 bridgehead atoms. The molecule has 0 saturated heterocycles. The zero-order valence-electron chi connectivity index (χ0n) is 43.6. The summed E-state index contributed by atoms with van der Waals surface area (Å²) in [5.74, 6) is -0.476. The topological polar surface area (TPSA) is 148 Å². The van der Waals surface area contributed by atoms with Crippen LogP contribution in [-0.2, 0) is 14.2 Å². The van der Waals surface area contributed by atoms with Crippen LogP contribution in [0, 0.1) is 17.8 Å². The molecule has 400 valence electrons. The summed E-state index contributed by atoms with van der Waals surface area (Å²) in [6.45, 7) is 14.6. The van der Waals surface area contributed by atoms with Crippen LogP contribution in [0.4, 0.5) is 0 Å². The van der Waals surface area contributed by atoms with Gasteiger partial charge in [0, 0.05) is 17.4 Å². The summed E-state index contributed by atoms with van der Waals surface area (Å²) in [6, 6.07) is 21.8. The summed E-state index contributed by atoms with van der Waals surface area (Å²) in [4.78, 5) is 49.6. The van der Waals surface area contributed by atoms with E-state index in [1.54, 1.807) is 36.4 Å². The van der Waals surface area contributed by atoms with E-state index in [1.165, 1.54) is 103 Å². The molecular weight excluding hydrogens is 889 g/mol. The second-order valence-electron chi connectivity index (χ2n) is 19.0. The van der Waals surface area contributed by atoms with E-state index in [-0.39, 0.29) is 32.3 Å². The second-order valence-corrected chi connectivity index (χ2v) is 19.0. The Hall–Kier alpha value is -4.60. The minimum atomic E-state index is -0.565. The standard InChI is InChI=1S/C36H56O4.C12H6O3.C12H26O.2CH4.H2O/c1-5-9-13-15-21-29(19-11-7-3)27-39-35(37)32-25-17-23-31-24-18-26-33(34(31)32)36(38)40-28-30(20-12-8-4)22-16-14-10-6-2;13-11-8-5-1-3-7-4-2-6-9(10(7)8)12(14)15-11;1-3-5-7-8-10-12(11-13)9-6-4-2;;;/h17-18,23-26,29-30H,5-16,19-22,27-28H2,1-4H3;1-6H;12-13H,3-11H2,1-2H3;2*1H4;1H2. The number of carbonyl (C=O) groups is 4. The Kier molecular flexibility index (Phi) is 37.4. The lowest BCUT2D eigenvalue weighted by molar-refractivity contribution is 0.0384. The number of carbonyl (C=O) groups excluding carboxylic acids is 4. The van der Waals surface area contributed by atoms with E-state index in [1.807, 2.05) is 36.4 Å². The molecule has 9 nitrogen and oxygen atoms in total. The quantitative estimate of drug-likeness (QED) is 0.0227. The van der Waals surface area contributed by atoms with Crippen LogP contribution in [0.1, 0.15) is 252 Å². The molecule has 3 unspecified atom stereocenters. The highest BCUT2D eigenvalue weighted by atomic mass is 16.6. The number of fused-ring (bicyclic) bond motifs is 1. The zero-order chi connectivity index (χ0) is 49.4. The average Bonchev–Trinajstić information content (AvgIpc) is 3.36. The number of aliphatic hydroxyl groups is 1. The SMILES string of the molecule is C.C.CCCCCCC(CCCC)COC(=O)c1cccc2cccc(C(=O)OCC(CCCC)CCCCCC)c12.CCCCCCC(CO)CCCC.O.O=C1OC(=O)c2cccc3cccc1c23. The molecule has 9 heteroatoms. The van der Waals surface area contributed by atoms with Crippen molar-refractivity contribution in [3.05, 3.63) is 95.1 Å². The summed E-state index contributed by atoms with van der Waals surface area (Å²) in [5, 5.41) is 12.2. The van der Waals surface area contributed by atoms with Crippen molar-refractivity contribution >= 4 is 45.4 Å². The van der Waals surface area contributed by atoms with Gasteiger partial charge >= 0.3 is 23.9 Å². The first kappa shape index (κ1) is 66.4. The van der Waals surface area contributed by atoms with Gasteiger partial charge in [-0.1, -0.05) is 221 Å². The molecule has 0 aliphatic carbocycles. The molecule has 4 aromatic rings. The van der Waals surface area contributed by atoms with Gasteiger partial charge in [-0.3, -0.25) is 0 Å². The van der Waals surface area contributed by atoms with E-state index in [0.717, 1.165) is 62.1 Å². The molecule has 3 atom stereocenters. The number of esters is 4. The maximum atomic E-state index is 13.4. The minimum Gasteiger partial charge on any atom is -0.462 e. The first-order chi connectivity index (χ1) is 33.2. The molecule has 1 aliphatic heterocycles. The van der Waals surface area contributed by atoms with Gasteiger partial charge in [-0.2, -0.15) is 0 Å². The second kappa shape index (κ2) is 39.9. The van der Waals surface area contributed by atoms with Crippen LogP contribution < -0.4 is 0 Å². The van der Waals surface area contributed by atoms with Crippen molar-refractivity contribution < 1.29 is 44.0 Å². The number of hydrogen-bond donors (Lipinski definition) is 1. The monoisotopic (exact) mass is 987 g/mol. The third kappa shape index (κ3) is 23.7. The Balaban J connectivity index is 0.00000128. The smallest absolute Gasteiger partial charge is 0.346 e. The number of hydrogen-bond acceptors (Lipinski definition) is 8. The van der Waals surface area contributed by atoms with Gasteiger partial charge in [0.1, 0.15) is 0 Å². The molecule has 71 heavy (non-hydrogen) atoms. The van der Waals surface area contributed by atoms with Crippen molar-refractivity contribution in [2.45, 2.75) is 210 Å². The maximum absolute atomic E-state index is 13.4. The van der Waals surface area contributed by atoms with Gasteiger partial charge in [-0.15, -0.1) is 0 Å². The van der Waals surface area contributed by atoms with Crippen LogP contribution >= 0.6 is 0 Å². The molecular formula is C62H98O9. The van der Waals surface area contributed by atoms with Crippen molar-refractivity contribution in [3.63, 3.8) is 0 Å². The molecule has 5 rings (SSSR count). The molecule has 3 N–H and O–H groups in total. The van der Waals surface area contributed by atoms with Gasteiger partial charge in [0.25, 0.3) is 0 Å². The predicted octanol–water partition coefficient (Wildman–Crippen LogP) is 17.1. The van der Waals surface area contributed by atoms with Crippen LogP contribution in [0.25, 0.3) is 21.5 Å². The van der Waals surface area contributed by atoms with E-state index < -0.39 is 11.9 Å². The van der Waals surface area contributed by atoms with Crippen LogP contribution in [0.3, 0.4) is 0 Å². The number of benzene rings is 4. The van der Waals surface area contributed by atoms with Gasteiger partial charge in [0.15, 0.2) is 0 Å². The van der Waals surface area contributed by atoms with Crippen molar-refractivity contribution in [3.8, 4) is 0 Å². The van der Waals surface area contributed by atoms with Crippen LogP contribution in [-0.4, -0.2) is 54.3 Å². The lowest BCUT2D eigenvalue weighted by Gasteiger charge is -2.18. The largest absolute Gasteiger partial charge is 0.462 e. The normalized spacial score (nSPS) is 12.6. The lowest BCUT2D eigenvalue weighted by Crippen LogP contribution is -2.19. The molecule has 0 saturated carbocycles. The predicted molar refractivity (Wildman–Crippen MR) is 298 cm³/mol. The van der Waals surface area contributed by atoms with Crippen molar-refractivity contribution in [1.29, 1.82) is 0 Å². The van der Waals surface area contributed by atoms with Gasteiger partial charge < -0.3 is 24.8 Å². The van der Waals surface area contributed by atoms with Crippen molar-refractivity contribution in [2.24, 2.45) is 17.8 Å². The fourth-order valence-electron chi connectivity index (χ4n) is 9.11. The Bertz CT molecular complexity index is 1930. The molecule has 1 aliphatic rings. The third-order valence-electron chi connectivity index (χ3n) is 13.3. The molecule has 0 spiro atoms. The molecule has 4 aromatic carbocycles. The Morgan fingerprint density at radius 2 is 0.775 bits per heavy atom. The van der Waals surface area contributed by atoms with Crippen LogP contribution in [0.2, 0.25) is 0 Å². The fraction of sp³-hybridized carbons (Fsp3) is 0.613. The number of unbranched alkanes of at least 4 members (excludes halogenated alkanes) is 12. The van der Waals surface area contributed by atoms with E-state index in [4.69, 9.17) is 14.6 Å². The van der Waals surface area contributed by atoms with Gasteiger partial charge in [-0.05, 0) is 91.3 Å². The Morgan fingerprint density at radius 3 is 1.14 bits per heavy atom. The zero-order valence-corrected chi connectivity index (χ0v) is 43.6. The van der Waals surface area contributed by atoms with E-state index in [0.29, 0.717) is 70.6 Å². The Labute approximate surface area is 430 Å². The summed E-state index contributed by atoms with van der Waals surface area (Å²) < 4.78 is 16.4. The van der Waals surface area contributed by atoms with E-state index in [9.17, 15) is 19.2 Å². The number of aliphatic hydroxyl groups excluding tert-OH is 1. The highest BCUT2D eigenvalue weighted by molar-refractivity contribution is 6.20. The highest BCUT2D eigenvalue weighted by Gasteiger charge is 2.26. The van der Waals surface area contributed by atoms with Gasteiger partial charge in [0.05, 0.1) is 35.5 Å². The van der Waals surface area contributed by atoms with Gasteiger partial charge in [0.2, 0.25) is 0 Å². The first-order valence-corrected chi connectivity index (χ1v) is 26.9. The maximum Gasteiger partial charge on any atom is 0.346 e. The van der Waals surface area contributed by atoms with Gasteiger partial charge in [-0.25, -0.2) is 19.2 Å². The summed E-state index contributed by atoms with van der Waals surface area (Å²) in [5.41, 5.74) is 1.82. The molecule has 0 aromatic heterocycles. The third-order valence-corrected chi connectivity index (χ3v) is 13.3. The molecule has 0 amide bonds. The number of ether oxygens (including phenoxy) is 3. The van der Waals surface area contributed by atoms with Crippen LogP contribution in [0.5, 0.6) is 0 Å². The molecule has 0 radical (unpaired) electrons. The van der Waals surface area contributed by atoms with Crippen molar-refractivity contribution in [2.75, 3.05) is 19.8 Å². The average molecular weight is 987 g/mol. The summed E-state index contributed by atoms with van der Waals surface area (Å²) in [7, 11) is 0. The molecule has 0 fully saturated rings. The number of cyclic esters (lactones) is 2. The van der Waals surface area contributed by atoms with Crippen LogP contribution in [0.15, 0.2) is 72.8 Å². The van der Waals surface area contributed by atoms with E-state index >= 15 is 0 Å². The molecule has 1 heterocycles. The highest BCUT2D eigenvalue weighted by Crippen LogP contribution is 2.29. The lowest BCUT2D eigenvalue weighted by atomic mass is 9.95. The Morgan fingerprint density at radius 1 is 0.451 bits per heavy atom. The first-order valence-electron chi connectivity index (χ1n) is 26.9. The number of rotatable bonds is 31. The summed E-state index contributed by atoms with van der Waals surface area (Å²) >= 11 is 0. The summed E-state index contributed by atoms with van der Waals surface area (Å²) in [6.07, 6.45) is 29.0. The minimum absolute atomic E-state index is 0.